The van der Waals surface area contributed by atoms with Crippen LogP contribution in [-0.2, 0) is 17.6 Å². The van der Waals surface area contributed by atoms with Gasteiger partial charge in [0.05, 0.1) is 0 Å². The number of nitrogens with one attached hydrogen (secondary N) is 1. The number of aliphatic carboxylic acids is 1. The van der Waals surface area contributed by atoms with Gasteiger partial charge in [-0.25, -0.2) is 0 Å². The van der Waals surface area contributed by atoms with Crippen molar-refractivity contribution in [2.45, 2.75) is 32.7 Å². The van der Waals surface area contributed by atoms with Crippen molar-refractivity contribution < 1.29 is 9.90 Å². The largest absolute Gasteiger partial charge is 0.480 e. The van der Waals surface area contributed by atoms with Crippen LogP contribution in [0, 0.1) is 0 Å². The first kappa shape index (κ1) is 14.3. The number of aromatic amines is 1. The molecule has 4 nitrogen and oxygen atoms in total. The maximum absolute atomic E-state index is 10.8. The highest BCUT2D eigenvalue weighted by Crippen LogP contribution is 2.21. The van der Waals surface area contributed by atoms with Crippen LogP contribution in [0.4, 0.5) is 0 Å². The molecule has 0 spiro atoms. The number of H-pyrrole nitrogens is 1. The van der Waals surface area contributed by atoms with Crippen LogP contribution in [0.5, 0.6) is 0 Å². The van der Waals surface area contributed by atoms with Crippen LogP contribution in [0.15, 0.2) is 36.0 Å². The van der Waals surface area contributed by atoms with Gasteiger partial charge in [-0.2, -0.15) is 0 Å². The van der Waals surface area contributed by atoms with E-state index in [0.29, 0.717) is 6.42 Å². The Balaban J connectivity index is 2.24. The number of nitrogens with two attached hydrogens (primary N) is 1. The Hall–Kier alpha value is -2.07. The number of rotatable bonds is 5. The number of hydrogen-bond donors (Lipinski definition) is 3. The van der Waals surface area contributed by atoms with Crippen LogP contribution in [0.2, 0.25) is 0 Å². The van der Waals surface area contributed by atoms with Crippen molar-refractivity contribution in [2.75, 3.05) is 0 Å². The van der Waals surface area contributed by atoms with E-state index in [1.165, 1.54) is 11.1 Å². The third-order valence-electron chi connectivity index (χ3n) is 3.33. The van der Waals surface area contributed by atoms with E-state index in [1.54, 1.807) is 0 Å². The molecule has 1 unspecified atom stereocenters. The molecule has 106 valence electrons. The molecule has 4 N–H and O–H groups in total. The normalized spacial score (nSPS) is 12.3. The number of carboxylic acids is 1. The highest BCUT2D eigenvalue weighted by molar-refractivity contribution is 5.85. The van der Waals surface area contributed by atoms with E-state index in [9.17, 15) is 4.79 Å². The van der Waals surface area contributed by atoms with Gasteiger partial charge in [0, 0.05) is 23.5 Å². The monoisotopic (exact) mass is 272 g/mol. The Kier molecular flexibility index (Phi) is 4.25. The minimum absolute atomic E-state index is 0.336. The number of benzene rings is 1. The maximum atomic E-state index is 10.8. The van der Waals surface area contributed by atoms with Crippen molar-refractivity contribution in [1.29, 1.82) is 0 Å². The fraction of sp³-hybridized carbons (Fsp3) is 0.312. The lowest BCUT2D eigenvalue weighted by Gasteiger charge is -2.05. The van der Waals surface area contributed by atoms with Crippen molar-refractivity contribution in [3.05, 3.63) is 47.2 Å². The van der Waals surface area contributed by atoms with Gasteiger partial charge in [-0.1, -0.05) is 23.8 Å². The summed E-state index contributed by atoms with van der Waals surface area (Å²) in [5.41, 5.74) is 10.1. The smallest absolute Gasteiger partial charge is 0.320 e. The minimum atomic E-state index is -0.973. The van der Waals surface area contributed by atoms with E-state index < -0.39 is 12.0 Å². The highest BCUT2D eigenvalue weighted by Gasteiger charge is 2.14. The second kappa shape index (κ2) is 5.92. The fourth-order valence-corrected chi connectivity index (χ4v) is 2.18. The summed E-state index contributed by atoms with van der Waals surface area (Å²) in [5.74, 6) is -0.973. The Morgan fingerprint density at radius 2 is 2.20 bits per heavy atom. The molecule has 0 fully saturated rings. The van der Waals surface area contributed by atoms with Gasteiger partial charge >= 0.3 is 5.97 Å². The van der Waals surface area contributed by atoms with Crippen molar-refractivity contribution in [3.63, 3.8) is 0 Å². The van der Waals surface area contributed by atoms with Gasteiger partial charge in [-0.15, -0.1) is 0 Å². The summed E-state index contributed by atoms with van der Waals surface area (Å²) in [5, 5.41) is 9.92. The summed E-state index contributed by atoms with van der Waals surface area (Å²) in [4.78, 5) is 14.0. The van der Waals surface area contributed by atoms with E-state index >= 15 is 0 Å². The molecule has 1 aromatic carbocycles. The number of hydrogen-bond acceptors (Lipinski definition) is 2. The van der Waals surface area contributed by atoms with Crippen LogP contribution in [0.3, 0.4) is 0 Å². The molecule has 1 atom stereocenters. The van der Waals surface area contributed by atoms with Crippen LogP contribution >= 0.6 is 0 Å². The van der Waals surface area contributed by atoms with E-state index in [-0.39, 0.29) is 0 Å². The van der Waals surface area contributed by atoms with Gasteiger partial charge in [0.15, 0.2) is 0 Å². The molecule has 1 aromatic heterocycles. The maximum Gasteiger partial charge on any atom is 0.320 e. The Labute approximate surface area is 118 Å². The van der Waals surface area contributed by atoms with Crippen molar-refractivity contribution >= 4 is 16.9 Å². The third-order valence-corrected chi connectivity index (χ3v) is 3.33. The number of fused-ring (bicyclic) bond motifs is 1. The molecule has 0 saturated heterocycles. The van der Waals surface area contributed by atoms with Crippen molar-refractivity contribution in [3.8, 4) is 0 Å². The lowest BCUT2D eigenvalue weighted by molar-refractivity contribution is -0.138. The van der Waals surface area contributed by atoms with Gasteiger partial charge < -0.3 is 15.8 Å². The summed E-state index contributed by atoms with van der Waals surface area (Å²) in [6.07, 6.45) is 5.27. The molecular weight excluding hydrogens is 252 g/mol. The van der Waals surface area contributed by atoms with Crippen LogP contribution in [-0.4, -0.2) is 22.1 Å². The SMILES string of the molecule is CC(C)=CCc1ccc2c(CC(N)C(=O)O)c[nH]c2c1. The molecule has 0 radical (unpaired) electrons. The lowest BCUT2D eigenvalue weighted by atomic mass is 10.0. The predicted octanol–water partition coefficient (Wildman–Crippen LogP) is 2.63. The van der Waals surface area contributed by atoms with Crippen LogP contribution in [0.25, 0.3) is 10.9 Å². The number of allylic oxidation sites excluding steroid dienone is 2. The van der Waals surface area contributed by atoms with Crippen molar-refractivity contribution in [2.24, 2.45) is 5.73 Å². The minimum Gasteiger partial charge on any atom is -0.480 e. The van der Waals surface area contributed by atoms with Gasteiger partial charge in [0.2, 0.25) is 0 Å². The molecule has 0 aliphatic rings. The summed E-state index contributed by atoms with van der Waals surface area (Å²) < 4.78 is 0. The average molecular weight is 272 g/mol. The van der Waals surface area contributed by atoms with E-state index in [1.807, 2.05) is 12.3 Å². The Morgan fingerprint density at radius 3 is 2.85 bits per heavy atom. The predicted molar refractivity (Wildman–Crippen MR) is 80.7 cm³/mol. The van der Waals surface area contributed by atoms with Crippen LogP contribution in [0.1, 0.15) is 25.0 Å². The molecule has 20 heavy (non-hydrogen) atoms. The molecule has 0 aliphatic heterocycles. The molecule has 1 heterocycles. The Bertz CT molecular complexity index is 652. The highest BCUT2D eigenvalue weighted by atomic mass is 16.4. The van der Waals surface area contributed by atoms with E-state index in [4.69, 9.17) is 10.8 Å². The number of aromatic nitrogens is 1. The lowest BCUT2D eigenvalue weighted by Crippen LogP contribution is -2.32. The molecule has 0 aliphatic carbocycles. The first-order chi connectivity index (χ1) is 9.47. The molecule has 4 heteroatoms. The molecule has 0 amide bonds. The fourth-order valence-electron chi connectivity index (χ4n) is 2.18. The van der Waals surface area contributed by atoms with Crippen molar-refractivity contribution in [1.82, 2.24) is 4.98 Å². The summed E-state index contributed by atoms with van der Waals surface area (Å²) in [6, 6.07) is 5.35. The molecule has 0 bridgehead atoms. The zero-order chi connectivity index (χ0) is 14.7. The number of carbonyl (C=O) groups is 1. The standard InChI is InChI=1S/C16H20N2O2/c1-10(2)3-4-11-5-6-13-12(8-14(17)16(19)20)9-18-15(13)7-11/h3,5-7,9,14,18H,4,8,17H2,1-2H3,(H,19,20). The van der Waals surface area contributed by atoms with E-state index in [2.05, 4.69) is 37.0 Å². The van der Waals surface area contributed by atoms with Gasteiger partial charge in [-0.3, -0.25) is 4.79 Å². The Morgan fingerprint density at radius 1 is 1.45 bits per heavy atom. The molecule has 0 saturated carbocycles. The quantitative estimate of drug-likeness (QED) is 0.732. The molecule has 2 aromatic rings. The van der Waals surface area contributed by atoms with Gasteiger partial charge in [0.25, 0.3) is 0 Å². The zero-order valence-electron chi connectivity index (χ0n) is 11.8. The molecular formula is C16H20N2O2. The second-order valence-electron chi connectivity index (χ2n) is 5.33. The second-order valence-corrected chi connectivity index (χ2v) is 5.33. The van der Waals surface area contributed by atoms with Crippen LogP contribution < -0.4 is 5.73 Å². The molecule has 2 rings (SSSR count). The van der Waals surface area contributed by atoms with E-state index in [0.717, 1.165) is 22.9 Å². The number of carboxylic acid groups (broad SMARTS) is 1. The topological polar surface area (TPSA) is 79.1 Å². The zero-order valence-corrected chi connectivity index (χ0v) is 11.8. The van der Waals surface area contributed by atoms with Gasteiger partial charge in [-0.05, 0) is 37.5 Å². The summed E-state index contributed by atoms with van der Waals surface area (Å²) in [7, 11) is 0. The summed E-state index contributed by atoms with van der Waals surface area (Å²) in [6.45, 7) is 4.16. The first-order valence-corrected chi connectivity index (χ1v) is 6.68. The third kappa shape index (κ3) is 3.27. The van der Waals surface area contributed by atoms with Gasteiger partial charge in [0.1, 0.15) is 6.04 Å². The first-order valence-electron chi connectivity index (χ1n) is 6.68. The average Bonchev–Trinajstić information content (AvgIpc) is 2.78. The summed E-state index contributed by atoms with van der Waals surface area (Å²) >= 11 is 0.